The Bertz CT molecular complexity index is 796. The van der Waals surface area contributed by atoms with Crippen molar-refractivity contribution in [2.24, 2.45) is 10.9 Å². The van der Waals surface area contributed by atoms with Crippen LogP contribution in [0.4, 0.5) is 14.5 Å². The third-order valence-electron chi connectivity index (χ3n) is 3.35. The maximum Gasteiger partial charge on any atom is 0.153 e. The van der Waals surface area contributed by atoms with Gasteiger partial charge >= 0.3 is 0 Å². The number of thiocarbonyl (C=S) groups is 1. The fraction of sp³-hybridized carbons (Fsp3) is 0.235. The first-order chi connectivity index (χ1) is 10.7. The van der Waals surface area contributed by atoms with Gasteiger partial charge in [0.2, 0.25) is 0 Å². The maximum atomic E-state index is 13.7. The van der Waals surface area contributed by atoms with Crippen LogP contribution in [0.3, 0.4) is 0 Å². The highest BCUT2D eigenvalue weighted by Crippen LogP contribution is 2.34. The summed E-state index contributed by atoms with van der Waals surface area (Å²) in [7, 11) is 0. The molecule has 1 saturated carbocycles. The van der Waals surface area contributed by atoms with Gasteiger partial charge in [0.25, 0.3) is 0 Å². The lowest BCUT2D eigenvalue weighted by atomic mass is 10.2. The van der Waals surface area contributed by atoms with E-state index in [0.29, 0.717) is 0 Å². The number of nitrogens with zero attached hydrogens (tertiary/aromatic N) is 1. The van der Waals surface area contributed by atoms with E-state index in [0.717, 1.165) is 29.3 Å². The first-order valence-corrected chi connectivity index (χ1v) is 8.06. The van der Waals surface area contributed by atoms with Crippen LogP contribution in [0.25, 0.3) is 0 Å². The average Bonchev–Trinajstić information content (AvgIpc) is 3.18. The van der Waals surface area contributed by atoms with Gasteiger partial charge in [0.15, 0.2) is 11.6 Å². The number of benzene rings is 1. The van der Waals surface area contributed by atoms with Gasteiger partial charge in [0.05, 0.1) is 10.0 Å². The van der Waals surface area contributed by atoms with Gasteiger partial charge in [-0.3, -0.25) is 0 Å². The molecule has 0 bridgehead atoms. The van der Waals surface area contributed by atoms with Crippen molar-refractivity contribution in [3.63, 3.8) is 0 Å². The van der Waals surface area contributed by atoms with Gasteiger partial charge < -0.3 is 0 Å². The number of thiophene rings is 1. The molecule has 5 heteroatoms. The first-order valence-electron chi connectivity index (χ1n) is 6.83. The van der Waals surface area contributed by atoms with E-state index < -0.39 is 17.3 Å². The summed E-state index contributed by atoms with van der Waals surface area (Å²) < 4.78 is 27.4. The number of aliphatic imine (C=N–C) groups is 1. The molecule has 1 aromatic carbocycles. The van der Waals surface area contributed by atoms with Gasteiger partial charge in [0.1, 0.15) is 5.69 Å². The lowest BCUT2D eigenvalue weighted by molar-refractivity contribution is 0.587. The summed E-state index contributed by atoms with van der Waals surface area (Å²) in [6.45, 7) is 0. The molecule has 0 unspecified atom stereocenters. The summed E-state index contributed by atoms with van der Waals surface area (Å²) in [5, 5.41) is 1.96. The Hall–Kier alpha value is -1.86. The molecule has 0 spiro atoms. The largest absolute Gasteiger partial charge is 0.204 e. The molecular formula is C17H11F2NS2. The van der Waals surface area contributed by atoms with Gasteiger partial charge in [-0.25, -0.2) is 8.78 Å². The molecule has 110 valence electrons. The molecule has 1 nitrogen and oxygen atoms in total. The van der Waals surface area contributed by atoms with Gasteiger partial charge in [-0.15, -0.1) is 11.3 Å². The molecule has 0 radical (unpaired) electrons. The van der Waals surface area contributed by atoms with E-state index in [1.165, 1.54) is 17.7 Å². The van der Waals surface area contributed by atoms with Crippen LogP contribution in [-0.2, 0) is 6.42 Å². The van der Waals surface area contributed by atoms with Crippen LogP contribution in [0.2, 0.25) is 0 Å². The van der Waals surface area contributed by atoms with Crippen molar-refractivity contribution < 1.29 is 8.78 Å². The van der Waals surface area contributed by atoms with Crippen LogP contribution in [-0.4, -0.2) is 5.16 Å². The summed E-state index contributed by atoms with van der Waals surface area (Å²) in [6.07, 6.45) is 3.74. The predicted molar refractivity (Wildman–Crippen MR) is 87.8 cm³/mol. The molecule has 1 fully saturated rings. The zero-order valence-electron chi connectivity index (χ0n) is 11.5. The third kappa shape index (κ3) is 3.66. The Morgan fingerprint density at radius 2 is 1.91 bits per heavy atom. The Labute approximate surface area is 136 Å². The van der Waals surface area contributed by atoms with E-state index in [2.05, 4.69) is 35.1 Å². The Balaban J connectivity index is 1.81. The van der Waals surface area contributed by atoms with Gasteiger partial charge in [-0.05, 0) is 61.7 Å². The standard InChI is InChI=1S/C17H11F2NS2/c18-15-8-12(9-16(19)17(15)20-10-21)3-4-13-5-6-14(22-13)7-11-1-2-11/h5-6,8-9,11H,1-2,7H2. The van der Waals surface area contributed by atoms with E-state index >= 15 is 0 Å². The van der Waals surface area contributed by atoms with Crippen LogP contribution in [0.1, 0.15) is 28.2 Å². The quantitative estimate of drug-likeness (QED) is 0.432. The van der Waals surface area contributed by atoms with Crippen molar-refractivity contribution >= 4 is 34.4 Å². The van der Waals surface area contributed by atoms with Crippen molar-refractivity contribution in [1.82, 2.24) is 0 Å². The minimum Gasteiger partial charge on any atom is -0.204 e. The van der Waals surface area contributed by atoms with Crippen LogP contribution < -0.4 is 0 Å². The summed E-state index contributed by atoms with van der Waals surface area (Å²) in [6, 6.07) is 6.33. The van der Waals surface area contributed by atoms with E-state index in [9.17, 15) is 8.78 Å². The molecule has 2 aromatic rings. The lowest BCUT2D eigenvalue weighted by Crippen LogP contribution is -1.86. The average molecular weight is 331 g/mol. The Morgan fingerprint density at radius 3 is 2.55 bits per heavy atom. The van der Waals surface area contributed by atoms with Crippen molar-refractivity contribution in [1.29, 1.82) is 0 Å². The van der Waals surface area contributed by atoms with Gasteiger partial charge in [-0.2, -0.15) is 4.99 Å². The van der Waals surface area contributed by atoms with Gasteiger partial charge in [0, 0.05) is 10.4 Å². The third-order valence-corrected chi connectivity index (χ3v) is 4.47. The zero-order chi connectivity index (χ0) is 15.5. The zero-order valence-corrected chi connectivity index (χ0v) is 13.2. The van der Waals surface area contributed by atoms with E-state index in [1.54, 1.807) is 11.3 Å². The number of isothiocyanates is 1. The summed E-state index contributed by atoms with van der Waals surface area (Å²) in [4.78, 5) is 5.59. The van der Waals surface area contributed by atoms with E-state index in [-0.39, 0.29) is 5.56 Å². The molecule has 0 N–H and O–H groups in total. The van der Waals surface area contributed by atoms with E-state index in [1.807, 2.05) is 11.2 Å². The maximum absolute atomic E-state index is 13.7. The van der Waals surface area contributed by atoms with Crippen LogP contribution in [0.15, 0.2) is 29.3 Å². The number of hydrogen-bond donors (Lipinski definition) is 0. The SMILES string of the molecule is Fc1cc(C#Cc2ccc(CC3CC3)s2)cc(F)c1N=C=S. The monoisotopic (exact) mass is 331 g/mol. The highest BCUT2D eigenvalue weighted by Gasteiger charge is 2.21. The molecule has 3 rings (SSSR count). The minimum absolute atomic E-state index is 0.274. The summed E-state index contributed by atoms with van der Waals surface area (Å²) >= 11 is 6.00. The molecule has 1 heterocycles. The second-order valence-corrected chi connectivity index (χ2v) is 6.51. The van der Waals surface area contributed by atoms with E-state index in [4.69, 9.17) is 0 Å². The predicted octanol–water partition coefficient (Wildman–Crippen LogP) is 5.11. The topological polar surface area (TPSA) is 12.4 Å². The fourth-order valence-electron chi connectivity index (χ4n) is 2.09. The van der Waals surface area contributed by atoms with Crippen molar-refractivity contribution in [2.45, 2.75) is 19.3 Å². The normalized spacial score (nSPS) is 13.2. The summed E-state index contributed by atoms with van der Waals surface area (Å²) in [5.74, 6) is 4.99. The Kier molecular flexibility index (Phi) is 4.44. The molecule has 0 amide bonds. The number of halogens is 2. The second-order valence-electron chi connectivity index (χ2n) is 5.16. The molecule has 1 aromatic heterocycles. The van der Waals surface area contributed by atoms with Crippen molar-refractivity contribution in [2.75, 3.05) is 0 Å². The molecular weight excluding hydrogens is 320 g/mol. The molecule has 1 aliphatic carbocycles. The Morgan fingerprint density at radius 1 is 1.18 bits per heavy atom. The highest BCUT2D eigenvalue weighted by atomic mass is 32.1. The fourth-order valence-corrected chi connectivity index (χ4v) is 3.15. The first kappa shape index (κ1) is 15.1. The summed E-state index contributed by atoms with van der Waals surface area (Å²) in [5.41, 5.74) is -0.154. The smallest absolute Gasteiger partial charge is 0.153 e. The molecule has 0 saturated heterocycles. The van der Waals surface area contributed by atoms with Gasteiger partial charge in [-0.1, -0.05) is 11.8 Å². The highest BCUT2D eigenvalue weighted by molar-refractivity contribution is 7.78. The van der Waals surface area contributed by atoms with Crippen molar-refractivity contribution in [3.8, 4) is 11.8 Å². The lowest BCUT2D eigenvalue weighted by Gasteiger charge is -1.98. The number of hydrogen-bond acceptors (Lipinski definition) is 3. The minimum atomic E-state index is -0.790. The molecule has 22 heavy (non-hydrogen) atoms. The van der Waals surface area contributed by atoms with Crippen LogP contribution >= 0.6 is 23.6 Å². The molecule has 0 aliphatic heterocycles. The molecule has 0 atom stereocenters. The van der Waals surface area contributed by atoms with Crippen LogP contribution in [0, 0.1) is 29.4 Å². The number of rotatable bonds is 3. The second kappa shape index (κ2) is 6.50. The molecule has 1 aliphatic rings. The van der Waals surface area contributed by atoms with Crippen LogP contribution in [0.5, 0.6) is 0 Å². The van der Waals surface area contributed by atoms with Crippen molar-refractivity contribution in [3.05, 3.63) is 51.2 Å².